The van der Waals surface area contributed by atoms with Crippen LogP contribution < -0.4 is 10.6 Å². The molecule has 1 atom stereocenters. The minimum atomic E-state index is -0.189. The Balaban J connectivity index is 1.40. The number of hydrogen-bond donors (Lipinski definition) is 2. The van der Waals surface area contributed by atoms with Crippen LogP contribution in [-0.4, -0.2) is 42.3 Å². The fraction of sp³-hybridized carbons (Fsp3) is 0.348. The van der Waals surface area contributed by atoms with Gasteiger partial charge in [-0.15, -0.1) is 0 Å². The highest BCUT2D eigenvalue weighted by Crippen LogP contribution is 2.19. The van der Waals surface area contributed by atoms with Crippen molar-refractivity contribution < 1.29 is 14.4 Å². The van der Waals surface area contributed by atoms with E-state index in [1.165, 1.54) is 0 Å². The van der Waals surface area contributed by atoms with Gasteiger partial charge in [0.1, 0.15) is 0 Å². The predicted octanol–water partition coefficient (Wildman–Crippen LogP) is 3.07. The zero-order chi connectivity index (χ0) is 20.5. The summed E-state index contributed by atoms with van der Waals surface area (Å²) in [6, 6.07) is 18.4. The number of hydrogen-bond acceptors (Lipinski definition) is 3. The Hall–Kier alpha value is -3.15. The van der Waals surface area contributed by atoms with Crippen molar-refractivity contribution in [2.24, 2.45) is 5.92 Å². The largest absolute Gasteiger partial charge is 0.352 e. The number of likely N-dealkylation sites (tertiary alicyclic amines) is 1. The molecule has 152 valence electrons. The molecule has 1 aliphatic heterocycles. The van der Waals surface area contributed by atoms with Gasteiger partial charge < -0.3 is 15.5 Å². The summed E-state index contributed by atoms with van der Waals surface area (Å²) in [7, 11) is 0. The fourth-order valence-corrected chi connectivity index (χ4v) is 3.47. The van der Waals surface area contributed by atoms with E-state index in [0.29, 0.717) is 38.0 Å². The molecule has 2 aromatic rings. The standard InChI is InChI=1S/C23H27N3O3/c27-21(14-7-15-24-22(28)18-9-3-1-4-10-18)26-16-8-11-19(17-26)23(29)25-20-12-5-2-6-13-20/h1-6,9-10,12-13,19H,7-8,11,14-17H2,(H,24,28)(H,25,29). The maximum absolute atomic E-state index is 12.5. The first-order chi connectivity index (χ1) is 14.1. The van der Waals surface area contributed by atoms with Crippen molar-refractivity contribution in [1.29, 1.82) is 0 Å². The van der Waals surface area contributed by atoms with E-state index in [-0.39, 0.29) is 23.6 Å². The van der Waals surface area contributed by atoms with Gasteiger partial charge in [-0.2, -0.15) is 0 Å². The molecule has 3 rings (SSSR count). The van der Waals surface area contributed by atoms with Crippen LogP contribution in [0.25, 0.3) is 0 Å². The van der Waals surface area contributed by atoms with E-state index in [1.54, 1.807) is 17.0 Å². The normalized spacial score (nSPS) is 16.1. The second-order valence-corrected chi connectivity index (χ2v) is 7.26. The van der Waals surface area contributed by atoms with Crippen molar-refractivity contribution in [3.8, 4) is 0 Å². The molecule has 0 radical (unpaired) electrons. The third kappa shape index (κ3) is 6.17. The first-order valence-corrected chi connectivity index (χ1v) is 10.1. The van der Waals surface area contributed by atoms with Crippen LogP contribution in [-0.2, 0) is 9.59 Å². The number of rotatable bonds is 7. The van der Waals surface area contributed by atoms with Crippen molar-refractivity contribution in [2.45, 2.75) is 25.7 Å². The Bertz CT molecular complexity index is 824. The number of benzene rings is 2. The highest BCUT2D eigenvalue weighted by atomic mass is 16.2. The Labute approximate surface area is 171 Å². The van der Waals surface area contributed by atoms with Crippen molar-refractivity contribution in [3.63, 3.8) is 0 Å². The number of anilines is 1. The lowest BCUT2D eigenvalue weighted by Gasteiger charge is -2.32. The van der Waals surface area contributed by atoms with E-state index in [4.69, 9.17) is 0 Å². The van der Waals surface area contributed by atoms with E-state index in [2.05, 4.69) is 10.6 Å². The average molecular weight is 393 g/mol. The summed E-state index contributed by atoms with van der Waals surface area (Å²) in [5.74, 6) is -0.320. The first-order valence-electron chi connectivity index (χ1n) is 10.1. The molecule has 0 saturated carbocycles. The molecule has 1 fully saturated rings. The fourth-order valence-electron chi connectivity index (χ4n) is 3.47. The van der Waals surface area contributed by atoms with Crippen LogP contribution in [0.5, 0.6) is 0 Å². The van der Waals surface area contributed by atoms with Gasteiger partial charge in [-0.05, 0) is 43.5 Å². The molecule has 1 unspecified atom stereocenters. The maximum atomic E-state index is 12.5. The molecule has 6 heteroatoms. The van der Waals surface area contributed by atoms with Gasteiger partial charge in [-0.25, -0.2) is 0 Å². The van der Waals surface area contributed by atoms with E-state index in [9.17, 15) is 14.4 Å². The molecular weight excluding hydrogens is 366 g/mol. The van der Waals surface area contributed by atoms with Gasteiger partial charge in [-0.3, -0.25) is 14.4 Å². The Morgan fingerprint density at radius 3 is 2.38 bits per heavy atom. The van der Waals surface area contributed by atoms with E-state index in [1.807, 2.05) is 48.5 Å². The molecule has 1 heterocycles. The van der Waals surface area contributed by atoms with Gasteiger partial charge in [0.25, 0.3) is 5.91 Å². The van der Waals surface area contributed by atoms with E-state index < -0.39 is 0 Å². The molecule has 0 bridgehead atoms. The van der Waals surface area contributed by atoms with Crippen molar-refractivity contribution >= 4 is 23.4 Å². The van der Waals surface area contributed by atoms with Crippen molar-refractivity contribution in [3.05, 3.63) is 66.2 Å². The quantitative estimate of drug-likeness (QED) is 0.710. The number of carbonyl (C=O) groups is 3. The smallest absolute Gasteiger partial charge is 0.251 e. The van der Waals surface area contributed by atoms with E-state index in [0.717, 1.165) is 18.5 Å². The minimum Gasteiger partial charge on any atom is -0.352 e. The lowest BCUT2D eigenvalue weighted by molar-refractivity contribution is -0.134. The summed E-state index contributed by atoms with van der Waals surface area (Å²) in [4.78, 5) is 38.8. The maximum Gasteiger partial charge on any atom is 0.251 e. The highest BCUT2D eigenvalue weighted by Gasteiger charge is 2.28. The number of nitrogens with one attached hydrogen (secondary N) is 2. The summed E-state index contributed by atoms with van der Waals surface area (Å²) in [6.45, 7) is 1.59. The molecule has 2 aromatic carbocycles. The third-order valence-corrected chi connectivity index (χ3v) is 5.08. The molecule has 0 spiro atoms. The summed E-state index contributed by atoms with van der Waals surface area (Å²) in [6.07, 6.45) is 2.55. The zero-order valence-electron chi connectivity index (χ0n) is 16.5. The van der Waals surface area contributed by atoms with Gasteiger partial charge in [0.2, 0.25) is 11.8 Å². The van der Waals surface area contributed by atoms with Crippen LogP contribution in [0.1, 0.15) is 36.0 Å². The highest BCUT2D eigenvalue weighted by molar-refractivity contribution is 5.94. The lowest BCUT2D eigenvalue weighted by atomic mass is 9.96. The molecule has 1 saturated heterocycles. The zero-order valence-corrected chi connectivity index (χ0v) is 16.5. The van der Waals surface area contributed by atoms with Gasteiger partial charge >= 0.3 is 0 Å². The predicted molar refractivity (Wildman–Crippen MR) is 112 cm³/mol. The summed E-state index contributed by atoms with van der Waals surface area (Å²) >= 11 is 0. The topological polar surface area (TPSA) is 78.5 Å². The number of amides is 3. The Kier molecular flexibility index (Phi) is 7.39. The molecule has 29 heavy (non-hydrogen) atoms. The second-order valence-electron chi connectivity index (χ2n) is 7.26. The first kappa shape index (κ1) is 20.6. The number of para-hydroxylation sites is 1. The molecular formula is C23H27N3O3. The van der Waals surface area contributed by atoms with Crippen LogP contribution in [0, 0.1) is 5.92 Å². The van der Waals surface area contributed by atoms with Crippen LogP contribution >= 0.6 is 0 Å². The SMILES string of the molecule is O=C(NCCCC(=O)N1CCCC(C(=O)Nc2ccccc2)C1)c1ccccc1. The van der Waals surface area contributed by atoms with Gasteiger partial charge in [-0.1, -0.05) is 36.4 Å². The monoisotopic (exact) mass is 393 g/mol. The molecule has 3 amide bonds. The second kappa shape index (κ2) is 10.4. The average Bonchev–Trinajstić information content (AvgIpc) is 2.77. The minimum absolute atomic E-state index is 0.0381. The Morgan fingerprint density at radius 1 is 0.966 bits per heavy atom. The molecule has 2 N–H and O–H groups in total. The third-order valence-electron chi connectivity index (χ3n) is 5.08. The summed E-state index contributed by atoms with van der Waals surface area (Å²) in [5.41, 5.74) is 1.39. The van der Waals surface area contributed by atoms with Gasteiger partial charge in [0.15, 0.2) is 0 Å². The van der Waals surface area contributed by atoms with Crippen molar-refractivity contribution in [2.75, 3.05) is 25.0 Å². The Morgan fingerprint density at radius 2 is 1.66 bits per heavy atom. The molecule has 0 aromatic heterocycles. The van der Waals surface area contributed by atoms with Crippen molar-refractivity contribution in [1.82, 2.24) is 10.2 Å². The molecule has 0 aliphatic carbocycles. The lowest BCUT2D eigenvalue weighted by Crippen LogP contribution is -2.43. The van der Waals surface area contributed by atoms with Crippen LogP contribution in [0.4, 0.5) is 5.69 Å². The molecule has 1 aliphatic rings. The number of carbonyl (C=O) groups excluding carboxylic acids is 3. The van der Waals surface area contributed by atoms with E-state index >= 15 is 0 Å². The van der Waals surface area contributed by atoms with Crippen LogP contribution in [0.3, 0.4) is 0 Å². The van der Waals surface area contributed by atoms with Crippen LogP contribution in [0.2, 0.25) is 0 Å². The summed E-state index contributed by atoms with van der Waals surface area (Å²) < 4.78 is 0. The number of nitrogens with zero attached hydrogens (tertiary/aromatic N) is 1. The summed E-state index contributed by atoms with van der Waals surface area (Å²) in [5, 5.41) is 5.76. The molecule has 6 nitrogen and oxygen atoms in total. The number of piperidine rings is 1. The van der Waals surface area contributed by atoms with Gasteiger partial charge in [0, 0.05) is 37.3 Å². The van der Waals surface area contributed by atoms with Gasteiger partial charge in [0.05, 0.1) is 5.92 Å². The van der Waals surface area contributed by atoms with Crippen LogP contribution in [0.15, 0.2) is 60.7 Å².